The third-order valence-electron chi connectivity index (χ3n) is 3.39. The van der Waals surface area contributed by atoms with Crippen LogP contribution in [-0.4, -0.2) is 31.1 Å². The highest BCUT2D eigenvalue weighted by atomic mass is 79.9. The van der Waals surface area contributed by atoms with Crippen molar-refractivity contribution < 1.29 is 4.39 Å². The molecule has 1 N–H and O–H groups in total. The molecule has 0 spiro atoms. The standard InChI is InChI=1S/C13H18BrFN2.ClH/c1-16-11-4-6-17(7-5-11)9-10-2-3-12(14)13(15)8-10;/h2-3,8,11,16H,4-7,9H2,1H3;1H. The van der Waals surface area contributed by atoms with Gasteiger partial charge in [-0.15, -0.1) is 12.4 Å². The lowest BCUT2D eigenvalue weighted by molar-refractivity contribution is 0.194. The van der Waals surface area contributed by atoms with Gasteiger partial charge in [-0.1, -0.05) is 6.07 Å². The molecule has 0 atom stereocenters. The summed E-state index contributed by atoms with van der Waals surface area (Å²) in [5.41, 5.74) is 1.05. The first-order valence-electron chi connectivity index (χ1n) is 6.02. The maximum atomic E-state index is 13.4. The number of likely N-dealkylation sites (tertiary alicyclic amines) is 1. The molecule has 0 aliphatic carbocycles. The molecular formula is C13H19BrClFN2. The third kappa shape index (κ3) is 4.19. The average Bonchev–Trinajstić information content (AvgIpc) is 2.35. The van der Waals surface area contributed by atoms with Gasteiger partial charge in [0.15, 0.2) is 0 Å². The molecule has 0 radical (unpaired) electrons. The summed E-state index contributed by atoms with van der Waals surface area (Å²) >= 11 is 3.17. The predicted molar refractivity (Wildman–Crippen MR) is 78.7 cm³/mol. The van der Waals surface area contributed by atoms with E-state index in [9.17, 15) is 4.39 Å². The lowest BCUT2D eigenvalue weighted by Crippen LogP contribution is -2.40. The fourth-order valence-corrected chi connectivity index (χ4v) is 2.52. The molecule has 2 rings (SSSR count). The number of halogens is 3. The lowest BCUT2D eigenvalue weighted by atomic mass is 10.0. The normalized spacial score (nSPS) is 17.5. The van der Waals surface area contributed by atoms with Crippen LogP contribution in [0.2, 0.25) is 0 Å². The molecule has 102 valence electrons. The van der Waals surface area contributed by atoms with Crippen molar-refractivity contribution in [3.05, 3.63) is 34.1 Å². The van der Waals surface area contributed by atoms with Crippen molar-refractivity contribution in [2.75, 3.05) is 20.1 Å². The van der Waals surface area contributed by atoms with Gasteiger partial charge >= 0.3 is 0 Å². The second-order valence-electron chi connectivity index (χ2n) is 4.59. The Balaban J connectivity index is 0.00000162. The number of hydrogen-bond acceptors (Lipinski definition) is 2. The van der Waals surface area contributed by atoms with Gasteiger partial charge in [-0.3, -0.25) is 4.90 Å². The summed E-state index contributed by atoms with van der Waals surface area (Å²) in [7, 11) is 2.02. The van der Waals surface area contributed by atoms with Gasteiger partial charge in [0, 0.05) is 12.6 Å². The van der Waals surface area contributed by atoms with Gasteiger partial charge in [-0.25, -0.2) is 4.39 Å². The maximum Gasteiger partial charge on any atom is 0.137 e. The van der Waals surface area contributed by atoms with E-state index in [0.29, 0.717) is 10.5 Å². The summed E-state index contributed by atoms with van der Waals surface area (Å²) in [6, 6.07) is 6.03. The van der Waals surface area contributed by atoms with Crippen LogP contribution in [0.15, 0.2) is 22.7 Å². The molecule has 0 unspecified atom stereocenters. The van der Waals surface area contributed by atoms with E-state index in [2.05, 4.69) is 26.1 Å². The van der Waals surface area contributed by atoms with Crippen molar-refractivity contribution in [1.29, 1.82) is 0 Å². The molecular weight excluding hydrogens is 319 g/mol. The molecule has 1 fully saturated rings. The SMILES string of the molecule is CNC1CCN(Cc2ccc(Br)c(F)c2)CC1.Cl. The summed E-state index contributed by atoms with van der Waals surface area (Å²) in [5.74, 6) is -0.174. The van der Waals surface area contributed by atoms with Gasteiger partial charge < -0.3 is 5.32 Å². The lowest BCUT2D eigenvalue weighted by Gasteiger charge is -2.31. The Kier molecular flexibility index (Phi) is 6.57. The van der Waals surface area contributed by atoms with Gasteiger partial charge in [0.1, 0.15) is 5.82 Å². The van der Waals surface area contributed by atoms with Crippen LogP contribution in [0.5, 0.6) is 0 Å². The van der Waals surface area contributed by atoms with Gasteiger partial charge in [-0.2, -0.15) is 0 Å². The van der Waals surface area contributed by atoms with Crippen LogP contribution in [0.1, 0.15) is 18.4 Å². The van der Waals surface area contributed by atoms with E-state index in [4.69, 9.17) is 0 Å². The Labute approximate surface area is 122 Å². The highest BCUT2D eigenvalue weighted by Gasteiger charge is 2.17. The van der Waals surface area contributed by atoms with Crippen molar-refractivity contribution in [3.63, 3.8) is 0 Å². The Hall–Kier alpha value is -0.160. The Morgan fingerprint density at radius 1 is 1.39 bits per heavy atom. The molecule has 0 bridgehead atoms. The molecule has 1 heterocycles. The van der Waals surface area contributed by atoms with E-state index in [1.807, 2.05) is 13.1 Å². The first kappa shape index (κ1) is 15.9. The molecule has 18 heavy (non-hydrogen) atoms. The number of nitrogens with zero attached hydrogens (tertiary/aromatic N) is 1. The fourth-order valence-electron chi connectivity index (χ4n) is 2.28. The van der Waals surface area contributed by atoms with Crippen LogP contribution in [0.3, 0.4) is 0 Å². The monoisotopic (exact) mass is 336 g/mol. The average molecular weight is 338 g/mol. The summed E-state index contributed by atoms with van der Waals surface area (Å²) < 4.78 is 13.9. The van der Waals surface area contributed by atoms with Crippen LogP contribution in [0, 0.1) is 5.82 Å². The number of hydrogen-bond donors (Lipinski definition) is 1. The summed E-state index contributed by atoms with van der Waals surface area (Å²) in [6.07, 6.45) is 2.35. The van der Waals surface area contributed by atoms with Crippen molar-refractivity contribution in [3.8, 4) is 0 Å². The quantitative estimate of drug-likeness (QED) is 0.911. The zero-order valence-electron chi connectivity index (χ0n) is 10.5. The van der Waals surface area contributed by atoms with Crippen molar-refractivity contribution in [2.24, 2.45) is 0 Å². The number of rotatable bonds is 3. The van der Waals surface area contributed by atoms with E-state index >= 15 is 0 Å². The molecule has 1 aliphatic rings. The summed E-state index contributed by atoms with van der Waals surface area (Å²) in [4.78, 5) is 2.39. The first-order valence-corrected chi connectivity index (χ1v) is 6.82. The van der Waals surface area contributed by atoms with Gasteiger partial charge in [0.2, 0.25) is 0 Å². The zero-order valence-corrected chi connectivity index (χ0v) is 12.9. The molecule has 5 heteroatoms. The second-order valence-corrected chi connectivity index (χ2v) is 5.44. The van der Waals surface area contributed by atoms with Gasteiger partial charge in [0.25, 0.3) is 0 Å². The van der Waals surface area contributed by atoms with Gasteiger partial charge in [0.05, 0.1) is 4.47 Å². The predicted octanol–water partition coefficient (Wildman–Crippen LogP) is 3.19. The number of benzene rings is 1. The van der Waals surface area contributed by atoms with E-state index < -0.39 is 0 Å². The van der Waals surface area contributed by atoms with Gasteiger partial charge in [-0.05, 0) is 66.6 Å². The largest absolute Gasteiger partial charge is 0.317 e. The highest BCUT2D eigenvalue weighted by Crippen LogP contribution is 2.19. The minimum atomic E-state index is -0.174. The Morgan fingerprint density at radius 3 is 2.61 bits per heavy atom. The van der Waals surface area contributed by atoms with Crippen LogP contribution in [0.25, 0.3) is 0 Å². The molecule has 1 aliphatic heterocycles. The third-order valence-corrected chi connectivity index (χ3v) is 4.03. The minimum absolute atomic E-state index is 0. The number of piperidine rings is 1. The topological polar surface area (TPSA) is 15.3 Å². The molecule has 0 saturated carbocycles. The van der Waals surface area contributed by atoms with Crippen LogP contribution >= 0.6 is 28.3 Å². The van der Waals surface area contributed by atoms with Crippen LogP contribution in [0.4, 0.5) is 4.39 Å². The molecule has 0 amide bonds. The molecule has 1 aromatic rings. The maximum absolute atomic E-state index is 13.4. The minimum Gasteiger partial charge on any atom is -0.317 e. The fraction of sp³-hybridized carbons (Fsp3) is 0.538. The van der Waals surface area contributed by atoms with Crippen LogP contribution in [-0.2, 0) is 6.54 Å². The Bertz CT molecular complexity index is 381. The van der Waals surface area contributed by atoms with Crippen molar-refractivity contribution in [1.82, 2.24) is 10.2 Å². The Morgan fingerprint density at radius 2 is 2.06 bits per heavy atom. The van der Waals surface area contributed by atoms with E-state index in [0.717, 1.165) is 25.2 Å². The van der Waals surface area contributed by atoms with Crippen molar-refractivity contribution >= 4 is 28.3 Å². The molecule has 1 saturated heterocycles. The second kappa shape index (κ2) is 7.43. The first-order chi connectivity index (χ1) is 8.19. The summed E-state index contributed by atoms with van der Waals surface area (Å²) in [5, 5.41) is 3.31. The smallest absolute Gasteiger partial charge is 0.137 e. The molecule has 2 nitrogen and oxygen atoms in total. The number of nitrogens with one attached hydrogen (secondary N) is 1. The van der Waals surface area contributed by atoms with Crippen LogP contribution < -0.4 is 5.32 Å². The van der Waals surface area contributed by atoms with E-state index in [1.165, 1.54) is 12.8 Å². The van der Waals surface area contributed by atoms with E-state index in [1.54, 1.807) is 12.1 Å². The molecule has 0 aromatic heterocycles. The summed E-state index contributed by atoms with van der Waals surface area (Å²) in [6.45, 7) is 3.02. The van der Waals surface area contributed by atoms with Crippen molar-refractivity contribution in [2.45, 2.75) is 25.4 Å². The highest BCUT2D eigenvalue weighted by molar-refractivity contribution is 9.10. The zero-order chi connectivity index (χ0) is 12.3. The molecule has 1 aromatic carbocycles. The van der Waals surface area contributed by atoms with E-state index in [-0.39, 0.29) is 18.2 Å².